The number of carboxylic acid groups (broad SMARTS) is 1. The Bertz CT molecular complexity index is 395. The van der Waals surface area contributed by atoms with Crippen molar-refractivity contribution in [2.75, 3.05) is 0 Å². The number of esters is 1. The summed E-state index contributed by atoms with van der Waals surface area (Å²) in [6.07, 6.45) is -0.800. The smallest absolute Gasteiger partial charge is 0.335 e. The highest BCUT2D eigenvalue weighted by Crippen LogP contribution is 2.10. The number of hydrogen-bond donors (Lipinski definition) is 2. The van der Waals surface area contributed by atoms with Gasteiger partial charge in [0, 0.05) is 5.57 Å². The second kappa shape index (κ2) is 5.61. The van der Waals surface area contributed by atoms with Crippen molar-refractivity contribution in [3.8, 4) is 0 Å². The van der Waals surface area contributed by atoms with Crippen molar-refractivity contribution in [2.24, 2.45) is 0 Å². The van der Waals surface area contributed by atoms with Gasteiger partial charge in [-0.05, 0) is 6.42 Å². The molecule has 0 heterocycles. The molecule has 0 aromatic heterocycles. The van der Waals surface area contributed by atoms with E-state index in [1.54, 1.807) is 0 Å². The summed E-state index contributed by atoms with van der Waals surface area (Å²) < 4.78 is 34.4. The van der Waals surface area contributed by atoms with Crippen LogP contribution in [0, 0.1) is 0 Å². The Labute approximate surface area is 92.5 Å². The van der Waals surface area contributed by atoms with Crippen LogP contribution in [0.4, 0.5) is 0 Å². The minimum absolute atomic E-state index is 0.148. The molecule has 8 heteroatoms. The number of ether oxygens (including phenoxy) is 1. The summed E-state index contributed by atoms with van der Waals surface area (Å²) in [5, 5.41) is 8.35. The van der Waals surface area contributed by atoms with E-state index in [-0.39, 0.29) is 6.42 Å². The molecule has 0 aliphatic carbocycles. The minimum atomic E-state index is -4.50. The highest BCUT2D eigenvalue weighted by atomic mass is 32.2. The Hall–Kier alpha value is -1.41. The molecular weight excluding hydrogens is 240 g/mol. The molecular formula is C8H12O7S. The van der Waals surface area contributed by atoms with E-state index in [0.717, 1.165) is 0 Å². The summed E-state index contributed by atoms with van der Waals surface area (Å²) in [5.74, 6) is -2.45. The highest BCUT2D eigenvalue weighted by molar-refractivity contribution is 7.86. The maximum absolute atomic E-state index is 11.1. The van der Waals surface area contributed by atoms with Crippen molar-refractivity contribution < 1.29 is 32.4 Å². The van der Waals surface area contributed by atoms with Crippen LogP contribution in [-0.4, -0.2) is 35.5 Å². The summed E-state index contributed by atoms with van der Waals surface area (Å²) in [6.45, 7) is 4.51. The van der Waals surface area contributed by atoms with Gasteiger partial charge in [-0.15, -0.1) is 0 Å². The van der Waals surface area contributed by atoms with Gasteiger partial charge in [-0.3, -0.25) is 9.35 Å². The summed E-state index contributed by atoms with van der Waals surface area (Å²) in [6, 6.07) is 0. The van der Waals surface area contributed by atoms with Gasteiger partial charge in [-0.25, -0.2) is 4.79 Å². The fraction of sp³-hybridized carbons (Fsp3) is 0.500. The minimum Gasteiger partial charge on any atom is -0.481 e. The van der Waals surface area contributed by atoms with Gasteiger partial charge in [0.05, 0.1) is 6.42 Å². The molecule has 0 aromatic carbocycles. The number of aliphatic carboxylic acids is 1. The number of carbonyl (C=O) groups is 2. The average Bonchev–Trinajstić information content (AvgIpc) is 2.10. The molecule has 0 spiro atoms. The zero-order chi connectivity index (χ0) is 12.9. The predicted octanol–water partition coefficient (Wildman–Crippen LogP) is 0.184. The number of rotatable bonds is 6. The Morgan fingerprint density at radius 1 is 1.44 bits per heavy atom. The van der Waals surface area contributed by atoms with Crippen LogP contribution in [0.2, 0.25) is 0 Å². The van der Waals surface area contributed by atoms with Gasteiger partial charge in [-0.1, -0.05) is 13.5 Å². The molecule has 1 unspecified atom stereocenters. The van der Waals surface area contributed by atoms with Gasteiger partial charge in [0.15, 0.2) is 0 Å². The van der Waals surface area contributed by atoms with Crippen molar-refractivity contribution in [3.63, 3.8) is 0 Å². The molecule has 0 aliphatic rings. The predicted molar refractivity (Wildman–Crippen MR) is 53.1 cm³/mol. The first-order chi connectivity index (χ1) is 7.18. The first-order valence-corrected chi connectivity index (χ1v) is 5.75. The van der Waals surface area contributed by atoms with Crippen LogP contribution in [0.15, 0.2) is 12.2 Å². The van der Waals surface area contributed by atoms with Crippen molar-refractivity contribution in [2.45, 2.75) is 25.2 Å². The van der Waals surface area contributed by atoms with Crippen LogP contribution in [0.25, 0.3) is 0 Å². The fourth-order valence-electron chi connectivity index (χ4n) is 0.812. The van der Waals surface area contributed by atoms with Gasteiger partial charge in [-0.2, -0.15) is 8.42 Å². The fourth-order valence-corrected chi connectivity index (χ4v) is 1.44. The quantitative estimate of drug-likeness (QED) is 0.393. The molecule has 0 saturated carbocycles. The molecule has 0 rings (SSSR count). The van der Waals surface area contributed by atoms with E-state index in [9.17, 15) is 18.0 Å². The molecule has 1 atom stereocenters. The second-order valence-corrected chi connectivity index (χ2v) is 4.49. The molecule has 0 bridgehead atoms. The molecule has 0 aliphatic heterocycles. The maximum atomic E-state index is 11.1. The van der Waals surface area contributed by atoms with E-state index >= 15 is 0 Å². The van der Waals surface area contributed by atoms with Crippen molar-refractivity contribution in [1.29, 1.82) is 0 Å². The molecule has 92 valence electrons. The molecule has 0 aromatic rings. The SMILES string of the molecule is C=C(CC(=O)O)C(=O)OC(CC)S(=O)(=O)O. The first-order valence-electron chi connectivity index (χ1n) is 4.25. The average molecular weight is 252 g/mol. The number of carbonyl (C=O) groups excluding carboxylic acids is 1. The standard InChI is InChI=1S/C8H12O7S/c1-3-7(16(12,13)14)15-8(11)5(2)4-6(9)10/h7H,2-4H2,1H3,(H,9,10)(H,12,13,14). The molecule has 7 nitrogen and oxygen atoms in total. The lowest BCUT2D eigenvalue weighted by Crippen LogP contribution is -2.27. The summed E-state index contributed by atoms with van der Waals surface area (Å²) in [5.41, 5.74) is -2.10. The highest BCUT2D eigenvalue weighted by Gasteiger charge is 2.26. The summed E-state index contributed by atoms with van der Waals surface area (Å²) in [7, 11) is -4.50. The third-order valence-electron chi connectivity index (χ3n) is 1.56. The lowest BCUT2D eigenvalue weighted by Gasteiger charge is -2.13. The molecule has 2 N–H and O–H groups in total. The van der Waals surface area contributed by atoms with E-state index in [1.165, 1.54) is 6.92 Å². The number of hydrogen-bond acceptors (Lipinski definition) is 5. The van der Waals surface area contributed by atoms with Crippen molar-refractivity contribution in [3.05, 3.63) is 12.2 Å². The van der Waals surface area contributed by atoms with Crippen LogP contribution in [0.1, 0.15) is 19.8 Å². The Morgan fingerprint density at radius 3 is 2.25 bits per heavy atom. The van der Waals surface area contributed by atoms with E-state index in [1.807, 2.05) is 0 Å². The number of carboxylic acids is 1. The Morgan fingerprint density at radius 2 is 1.94 bits per heavy atom. The molecule has 0 saturated heterocycles. The largest absolute Gasteiger partial charge is 0.481 e. The summed E-state index contributed by atoms with van der Waals surface area (Å²) >= 11 is 0. The van der Waals surface area contributed by atoms with Gasteiger partial charge in [0.1, 0.15) is 0 Å². The van der Waals surface area contributed by atoms with Gasteiger partial charge in [0.2, 0.25) is 5.44 Å². The normalized spacial score (nSPS) is 12.9. The molecule has 0 amide bonds. The Kier molecular flexibility index (Phi) is 5.12. The third-order valence-corrected chi connectivity index (χ3v) is 2.65. The zero-order valence-electron chi connectivity index (χ0n) is 8.54. The second-order valence-electron chi connectivity index (χ2n) is 2.93. The lowest BCUT2D eigenvalue weighted by molar-refractivity contribution is -0.144. The van der Waals surface area contributed by atoms with Crippen LogP contribution in [0.5, 0.6) is 0 Å². The van der Waals surface area contributed by atoms with Crippen LogP contribution < -0.4 is 0 Å². The van der Waals surface area contributed by atoms with Crippen molar-refractivity contribution in [1.82, 2.24) is 0 Å². The summed E-state index contributed by atoms with van der Waals surface area (Å²) in [4.78, 5) is 21.4. The van der Waals surface area contributed by atoms with E-state index in [0.29, 0.717) is 0 Å². The zero-order valence-corrected chi connectivity index (χ0v) is 9.36. The third kappa shape index (κ3) is 4.89. The topological polar surface area (TPSA) is 118 Å². The van der Waals surface area contributed by atoms with Crippen LogP contribution >= 0.6 is 0 Å². The van der Waals surface area contributed by atoms with Gasteiger partial charge >= 0.3 is 22.1 Å². The van der Waals surface area contributed by atoms with E-state index < -0.39 is 39.5 Å². The Balaban J connectivity index is 4.55. The lowest BCUT2D eigenvalue weighted by atomic mass is 10.2. The van der Waals surface area contributed by atoms with Gasteiger partial charge < -0.3 is 9.84 Å². The molecule has 0 fully saturated rings. The van der Waals surface area contributed by atoms with Gasteiger partial charge in [0.25, 0.3) is 0 Å². The maximum Gasteiger partial charge on any atom is 0.335 e. The van der Waals surface area contributed by atoms with E-state index in [4.69, 9.17) is 9.66 Å². The van der Waals surface area contributed by atoms with Crippen molar-refractivity contribution >= 4 is 22.1 Å². The molecule has 0 radical (unpaired) electrons. The molecule has 16 heavy (non-hydrogen) atoms. The van der Waals surface area contributed by atoms with E-state index in [2.05, 4.69) is 11.3 Å². The van der Waals surface area contributed by atoms with Crippen LogP contribution in [-0.2, 0) is 24.4 Å². The first kappa shape index (κ1) is 14.6. The van der Waals surface area contributed by atoms with Crippen LogP contribution in [0.3, 0.4) is 0 Å². The monoisotopic (exact) mass is 252 g/mol.